The minimum absolute atomic E-state index is 0.00166. The number of ketones is 2. The van der Waals surface area contributed by atoms with Crippen LogP contribution in [-0.2, 0) is 9.59 Å². The maximum Gasteiger partial charge on any atom is 0.140 e. The van der Waals surface area contributed by atoms with E-state index in [4.69, 9.17) is 0 Å². The van der Waals surface area contributed by atoms with E-state index < -0.39 is 16.9 Å². The minimum atomic E-state index is -0.584. The summed E-state index contributed by atoms with van der Waals surface area (Å²) in [5.74, 6) is 0.525. The number of carbonyl (C=O) groups excluding carboxylic acids is 2. The molecular formula is C26H42O3. The molecule has 3 aliphatic rings. The Labute approximate surface area is 177 Å². The number of aliphatic hydroxyl groups excluding tert-OH is 1. The number of allylic oxidation sites excluding steroid dienone is 1. The molecule has 0 aromatic heterocycles. The molecule has 3 rings (SSSR count). The van der Waals surface area contributed by atoms with Gasteiger partial charge in [0.1, 0.15) is 11.6 Å². The van der Waals surface area contributed by atoms with Crippen molar-refractivity contribution in [1.82, 2.24) is 0 Å². The van der Waals surface area contributed by atoms with Crippen LogP contribution in [0, 0.1) is 44.8 Å². The van der Waals surface area contributed by atoms with Crippen molar-refractivity contribution in [2.24, 2.45) is 44.8 Å². The summed E-state index contributed by atoms with van der Waals surface area (Å²) >= 11 is 0. The van der Waals surface area contributed by atoms with E-state index in [-0.39, 0.29) is 33.9 Å². The van der Waals surface area contributed by atoms with E-state index in [2.05, 4.69) is 55.0 Å². The molecule has 164 valence electrons. The third kappa shape index (κ3) is 2.71. The van der Waals surface area contributed by atoms with Crippen molar-refractivity contribution in [2.75, 3.05) is 0 Å². The van der Waals surface area contributed by atoms with Crippen LogP contribution in [0.15, 0.2) is 12.7 Å². The van der Waals surface area contributed by atoms with E-state index in [0.29, 0.717) is 24.5 Å². The van der Waals surface area contributed by atoms with Gasteiger partial charge in [-0.3, -0.25) is 4.79 Å². The predicted molar refractivity (Wildman–Crippen MR) is 117 cm³/mol. The molecule has 0 heterocycles. The Hall–Kier alpha value is -0.960. The minimum Gasteiger partial charge on any atom is -0.392 e. The molecule has 0 amide bonds. The van der Waals surface area contributed by atoms with Crippen molar-refractivity contribution < 1.29 is 14.7 Å². The highest BCUT2D eigenvalue weighted by Crippen LogP contribution is 2.76. The molecule has 1 N–H and O–H groups in total. The van der Waals surface area contributed by atoms with Crippen molar-refractivity contribution in [3.8, 4) is 0 Å². The molecule has 0 aromatic carbocycles. The first-order valence-electron chi connectivity index (χ1n) is 11.4. The van der Waals surface area contributed by atoms with E-state index in [1.807, 2.05) is 6.08 Å². The highest BCUT2D eigenvalue weighted by Gasteiger charge is 2.76. The zero-order valence-electron chi connectivity index (χ0n) is 19.9. The Bertz CT molecular complexity index is 738. The quantitative estimate of drug-likeness (QED) is 0.625. The van der Waals surface area contributed by atoms with E-state index in [9.17, 15) is 14.7 Å². The molecule has 0 spiro atoms. The molecule has 0 saturated heterocycles. The van der Waals surface area contributed by atoms with Gasteiger partial charge in [0, 0.05) is 18.3 Å². The highest BCUT2D eigenvalue weighted by atomic mass is 16.3. The normalized spacial score (nSPS) is 51.7. The second-order valence-electron chi connectivity index (χ2n) is 12.4. The molecule has 0 aliphatic heterocycles. The number of hydrogen-bond donors (Lipinski definition) is 1. The third-order valence-corrected chi connectivity index (χ3v) is 10.4. The number of aliphatic hydroxyl groups is 1. The molecule has 3 aliphatic carbocycles. The summed E-state index contributed by atoms with van der Waals surface area (Å²) in [4.78, 5) is 26.4. The number of fused-ring (bicyclic) bond motifs is 3. The van der Waals surface area contributed by atoms with E-state index in [1.54, 1.807) is 6.92 Å². The van der Waals surface area contributed by atoms with Gasteiger partial charge >= 0.3 is 0 Å². The Morgan fingerprint density at radius 3 is 2.31 bits per heavy atom. The molecule has 3 nitrogen and oxygen atoms in total. The zero-order valence-corrected chi connectivity index (χ0v) is 19.9. The Morgan fingerprint density at radius 1 is 1.21 bits per heavy atom. The summed E-state index contributed by atoms with van der Waals surface area (Å²) in [6, 6.07) is 0. The largest absolute Gasteiger partial charge is 0.392 e. The number of carbonyl (C=O) groups is 2. The van der Waals surface area contributed by atoms with Crippen LogP contribution >= 0.6 is 0 Å². The molecule has 0 bridgehead atoms. The van der Waals surface area contributed by atoms with Gasteiger partial charge < -0.3 is 9.90 Å². The monoisotopic (exact) mass is 402 g/mol. The first-order chi connectivity index (χ1) is 13.1. The third-order valence-electron chi connectivity index (χ3n) is 10.4. The second kappa shape index (κ2) is 6.52. The first-order valence-corrected chi connectivity index (χ1v) is 11.4. The Balaban J connectivity index is 2.33. The highest BCUT2D eigenvalue weighted by molar-refractivity contribution is 5.89. The van der Waals surface area contributed by atoms with Gasteiger partial charge in [-0.25, -0.2) is 0 Å². The number of hydrogen-bond acceptors (Lipinski definition) is 3. The van der Waals surface area contributed by atoms with Gasteiger partial charge in [0.05, 0.1) is 6.10 Å². The lowest BCUT2D eigenvalue weighted by Crippen LogP contribution is -2.75. The van der Waals surface area contributed by atoms with Crippen LogP contribution in [0.5, 0.6) is 0 Å². The van der Waals surface area contributed by atoms with Crippen LogP contribution in [0.2, 0.25) is 0 Å². The van der Waals surface area contributed by atoms with E-state index in [1.165, 1.54) is 0 Å². The standard InChI is InChI=1S/C26H42O3/c1-10-23(6)14-19(28)26(9)24(7,15-23)18(13-17(3)27)20(29)21-22(4,5)12-11-16(2)25(21,26)8/h10,16,18,20-21,29H,1,11-15H2,2-9H3/t16-,18?,20-,21+,23-,24?,25+,26-/m0/s1. The van der Waals surface area contributed by atoms with Crippen LogP contribution < -0.4 is 0 Å². The van der Waals surface area contributed by atoms with Gasteiger partial charge in [-0.1, -0.05) is 54.5 Å². The fourth-order valence-electron chi connectivity index (χ4n) is 8.55. The van der Waals surface area contributed by atoms with Crippen molar-refractivity contribution in [3.63, 3.8) is 0 Å². The Morgan fingerprint density at radius 2 is 1.79 bits per heavy atom. The average Bonchev–Trinajstić information content (AvgIpc) is 2.59. The Kier molecular flexibility index (Phi) is 5.11. The van der Waals surface area contributed by atoms with Gasteiger partial charge in [-0.15, -0.1) is 6.58 Å². The fourth-order valence-corrected chi connectivity index (χ4v) is 8.55. The van der Waals surface area contributed by atoms with Gasteiger partial charge in [-0.05, 0) is 65.6 Å². The molecule has 3 heteroatoms. The molecule has 0 aromatic rings. The van der Waals surface area contributed by atoms with Crippen molar-refractivity contribution in [2.45, 2.75) is 93.6 Å². The summed E-state index contributed by atoms with van der Waals surface area (Å²) in [5, 5.41) is 11.9. The summed E-state index contributed by atoms with van der Waals surface area (Å²) < 4.78 is 0. The summed E-state index contributed by atoms with van der Waals surface area (Å²) in [7, 11) is 0. The number of rotatable bonds is 3. The molecule has 8 atom stereocenters. The molecule has 3 fully saturated rings. The lowest BCUT2D eigenvalue weighted by molar-refractivity contribution is -0.281. The molecule has 3 saturated carbocycles. The number of Topliss-reactive ketones (excluding diaryl/α,β-unsaturated/α-hetero) is 2. The van der Waals surface area contributed by atoms with Crippen molar-refractivity contribution in [3.05, 3.63) is 12.7 Å². The molecular weight excluding hydrogens is 360 g/mol. The summed E-state index contributed by atoms with van der Waals surface area (Å²) in [5.41, 5.74) is -1.71. The van der Waals surface area contributed by atoms with E-state index >= 15 is 0 Å². The van der Waals surface area contributed by atoms with Gasteiger partial charge in [0.25, 0.3) is 0 Å². The maximum absolute atomic E-state index is 14.1. The van der Waals surface area contributed by atoms with Crippen molar-refractivity contribution >= 4 is 11.6 Å². The van der Waals surface area contributed by atoms with Gasteiger partial charge in [0.2, 0.25) is 0 Å². The van der Waals surface area contributed by atoms with Crippen LogP contribution in [-0.4, -0.2) is 22.8 Å². The predicted octanol–water partition coefficient (Wildman–Crippen LogP) is 5.60. The van der Waals surface area contributed by atoms with Crippen molar-refractivity contribution in [1.29, 1.82) is 0 Å². The van der Waals surface area contributed by atoms with Crippen LogP contribution in [0.4, 0.5) is 0 Å². The SMILES string of the molecule is C=C[C@@]1(C)CC(=O)[C@@]2(C)C(C)(C1)C(CC(C)=O)[C@H](O)[C@@H]1C(C)(C)CC[C@H](C)[C@]12C. The molecule has 0 radical (unpaired) electrons. The lowest BCUT2D eigenvalue weighted by Gasteiger charge is -2.74. The van der Waals surface area contributed by atoms with Crippen LogP contribution in [0.1, 0.15) is 87.5 Å². The van der Waals surface area contributed by atoms with Gasteiger partial charge in [0.15, 0.2) is 0 Å². The topological polar surface area (TPSA) is 54.4 Å². The lowest BCUT2D eigenvalue weighted by atomic mass is 9.29. The van der Waals surface area contributed by atoms with Crippen LogP contribution in [0.3, 0.4) is 0 Å². The van der Waals surface area contributed by atoms with Gasteiger partial charge in [-0.2, -0.15) is 0 Å². The fraction of sp³-hybridized carbons (Fsp3) is 0.846. The van der Waals surface area contributed by atoms with E-state index in [0.717, 1.165) is 19.3 Å². The molecule has 29 heavy (non-hydrogen) atoms. The summed E-state index contributed by atoms with van der Waals surface area (Å²) in [6.45, 7) is 21.2. The smallest absolute Gasteiger partial charge is 0.140 e. The zero-order chi connectivity index (χ0) is 22.2. The first kappa shape index (κ1) is 22.7. The van der Waals surface area contributed by atoms with Crippen LogP contribution in [0.25, 0.3) is 0 Å². The molecule has 2 unspecified atom stereocenters. The maximum atomic E-state index is 14.1. The average molecular weight is 403 g/mol. The second-order valence-corrected chi connectivity index (χ2v) is 12.4. The summed E-state index contributed by atoms with van der Waals surface area (Å²) in [6.07, 6.45) is 5.09.